The molecule has 0 atom stereocenters. The predicted octanol–water partition coefficient (Wildman–Crippen LogP) is 1.71. The molecule has 0 aromatic carbocycles. The molecule has 1 aromatic rings. The molecule has 13 heavy (non-hydrogen) atoms. The predicted molar refractivity (Wildman–Crippen MR) is 54.6 cm³/mol. The molecule has 0 amide bonds. The molecule has 0 saturated carbocycles. The van der Waals surface area contributed by atoms with E-state index in [4.69, 9.17) is 0 Å². The van der Waals surface area contributed by atoms with E-state index in [2.05, 4.69) is 35.6 Å². The fraction of sp³-hybridized carbons (Fsp3) is 0.700. The number of hydrogen-bond donors (Lipinski definition) is 1. The second-order valence-corrected chi connectivity index (χ2v) is 3.58. The highest BCUT2D eigenvalue weighted by Crippen LogP contribution is 2.04. The van der Waals surface area contributed by atoms with Crippen LogP contribution in [-0.4, -0.2) is 15.6 Å². The normalized spacial score (nSPS) is 11.2. The van der Waals surface area contributed by atoms with E-state index < -0.39 is 0 Å². The van der Waals surface area contributed by atoms with E-state index in [1.54, 1.807) is 0 Å². The van der Waals surface area contributed by atoms with Crippen molar-refractivity contribution >= 4 is 0 Å². The van der Waals surface area contributed by atoms with Crippen LogP contribution >= 0.6 is 0 Å². The van der Waals surface area contributed by atoms with E-state index in [0.29, 0.717) is 6.04 Å². The zero-order valence-corrected chi connectivity index (χ0v) is 8.96. The van der Waals surface area contributed by atoms with Gasteiger partial charge in [-0.15, -0.1) is 0 Å². The van der Waals surface area contributed by atoms with Crippen LogP contribution in [0.1, 0.15) is 32.3 Å². The van der Waals surface area contributed by atoms with Gasteiger partial charge in [-0.2, -0.15) is 0 Å². The van der Waals surface area contributed by atoms with Gasteiger partial charge < -0.3 is 9.88 Å². The summed E-state index contributed by atoms with van der Waals surface area (Å²) in [6.07, 6.45) is 1.95. The first kappa shape index (κ1) is 10.3. The van der Waals surface area contributed by atoms with Gasteiger partial charge in [-0.25, -0.2) is 4.98 Å². The summed E-state index contributed by atoms with van der Waals surface area (Å²) in [6.45, 7) is 10.4. The highest BCUT2D eigenvalue weighted by Gasteiger charge is 2.04. The Kier molecular flexibility index (Phi) is 3.48. The molecule has 1 aromatic heterocycles. The third kappa shape index (κ3) is 2.56. The van der Waals surface area contributed by atoms with E-state index in [1.807, 2.05) is 13.1 Å². The van der Waals surface area contributed by atoms with Gasteiger partial charge in [-0.3, -0.25) is 0 Å². The van der Waals surface area contributed by atoms with Crippen LogP contribution in [0, 0.1) is 6.92 Å². The minimum Gasteiger partial charge on any atom is -0.331 e. The summed E-state index contributed by atoms with van der Waals surface area (Å²) in [5.74, 6) is 1.10. The molecule has 3 heteroatoms. The number of rotatable bonds is 4. The van der Waals surface area contributed by atoms with Crippen LogP contribution < -0.4 is 5.32 Å². The fourth-order valence-electron chi connectivity index (χ4n) is 1.40. The molecule has 0 aliphatic heterocycles. The Labute approximate surface area is 80.2 Å². The number of hydrogen-bond acceptors (Lipinski definition) is 2. The summed E-state index contributed by atoms with van der Waals surface area (Å²) in [7, 11) is 0. The summed E-state index contributed by atoms with van der Waals surface area (Å²) in [6, 6.07) is 0.528. The maximum atomic E-state index is 4.29. The number of nitrogens with one attached hydrogen (secondary N) is 1. The van der Waals surface area contributed by atoms with Crippen molar-refractivity contribution in [3.8, 4) is 0 Å². The van der Waals surface area contributed by atoms with E-state index in [9.17, 15) is 0 Å². The topological polar surface area (TPSA) is 29.9 Å². The quantitative estimate of drug-likeness (QED) is 0.766. The molecule has 1 heterocycles. The van der Waals surface area contributed by atoms with Gasteiger partial charge >= 0.3 is 0 Å². The van der Waals surface area contributed by atoms with Crippen molar-refractivity contribution in [1.82, 2.24) is 14.9 Å². The van der Waals surface area contributed by atoms with Crippen molar-refractivity contribution < 1.29 is 0 Å². The number of aryl methyl sites for hydroxylation is 1. The lowest BCUT2D eigenvalue weighted by molar-refractivity contribution is 0.558. The maximum absolute atomic E-state index is 4.29. The Balaban J connectivity index is 2.65. The highest BCUT2D eigenvalue weighted by atomic mass is 15.1. The third-order valence-corrected chi connectivity index (χ3v) is 2.15. The molecule has 74 valence electrons. The zero-order chi connectivity index (χ0) is 9.84. The molecule has 1 rings (SSSR count). The van der Waals surface area contributed by atoms with Gasteiger partial charge in [0.2, 0.25) is 0 Å². The molecule has 0 aliphatic rings. The number of nitrogens with zero attached hydrogens (tertiary/aromatic N) is 2. The molecule has 0 aliphatic carbocycles. The van der Waals surface area contributed by atoms with Gasteiger partial charge in [-0.1, -0.05) is 13.8 Å². The van der Waals surface area contributed by atoms with Crippen LogP contribution in [0.4, 0.5) is 0 Å². The first-order valence-corrected chi connectivity index (χ1v) is 4.89. The van der Waals surface area contributed by atoms with Gasteiger partial charge in [0, 0.05) is 25.3 Å². The molecular weight excluding hydrogens is 162 g/mol. The maximum Gasteiger partial charge on any atom is 0.105 e. The average Bonchev–Trinajstić information content (AvgIpc) is 2.42. The monoisotopic (exact) mass is 181 g/mol. The van der Waals surface area contributed by atoms with Gasteiger partial charge in [0.25, 0.3) is 0 Å². The van der Waals surface area contributed by atoms with Gasteiger partial charge in [0.05, 0.1) is 5.69 Å². The Hall–Kier alpha value is -0.830. The molecule has 0 radical (unpaired) electrons. The summed E-state index contributed by atoms with van der Waals surface area (Å²) in [4.78, 5) is 4.29. The zero-order valence-electron chi connectivity index (χ0n) is 8.96. The summed E-state index contributed by atoms with van der Waals surface area (Å²) >= 11 is 0. The van der Waals surface area contributed by atoms with Crippen LogP contribution in [0.5, 0.6) is 0 Å². The molecule has 3 nitrogen and oxygen atoms in total. The molecule has 0 bridgehead atoms. The van der Waals surface area contributed by atoms with Crippen LogP contribution in [0.2, 0.25) is 0 Å². The van der Waals surface area contributed by atoms with Crippen LogP contribution in [0.3, 0.4) is 0 Å². The molecule has 1 N–H and O–H groups in total. The number of imidazole rings is 1. The lowest BCUT2D eigenvalue weighted by Crippen LogP contribution is -2.23. The third-order valence-electron chi connectivity index (χ3n) is 2.15. The van der Waals surface area contributed by atoms with Crippen LogP contribution in [0.15, 0.2) is 6.20 Å². The van der Waals surface area contributed by atoms with Gasteiger partial charge in [0.15, 0.2) is 0 Å². The number of aromatic nitrogens is 2. The Morgan fingerprint density at radius 1 is 1.54 bits per heavy atom. The van der Waals surface area contributed by atoms with Crippen molar-refractivity contribution in [2.45, 2.75) is 46.8 Å². The minimum atomic E-state index is 0.528. The lowest BCUT2D eigenvalue weighted by atomic mass is 10.3. The molecule has 0 spiro atoms. The van der Waals surface area contributed by atoms with Crippen molar-refractivity contribution in [1.29, 1.82) is 0 Å². The Morgan fingerprint density at radius 3 is 2.77 bits per heavy atom. The second kappa shape index (κ2) is 4.42. The Morgan fingerprint density at radius 2 is 2.23 bits per heavy atom. The summed E-state index contributed by atoms with van der Waals surface area (Å²) in [5.41, 5.74) is 1.27. The molecular formula is C10H19N3. The highest BCUT2D eigenvalue weighted by molar-refractivity contribution is 5.04. The molecule has 0 unspecified atom stereocenters. The molecule has 0 saturated heterocycles. The van der Waals surface area contributed by atoms with Crippen molar-refractivity contribution in [2.75, 3.05) is 0 Å². The van der Waals surface area contributed by atoms with E-state index in [1.165, 1.54) is 5.69 Å². The first-order valence-electron chi connectivity index (χ1n) is 4.89. The first-order chi connectivity index (χ1) is 6.15. The van der Waals surface area contributed by atoms with Crippen molar-refractivity contribution in [2.24, 2.45) is 0 Å². The second-order valence-electron chi connectivity index (χ2n) is 3.58. The molecule has 0 fully saturated rings. The lowest BCUT2D eigenvalue weighted by Gasteiger charge is -2.10. The van der Waals surface area contributed by atoms with Crippen LogP contribution in [-0.2, 0) is 13.1 Å². The van der Waals surface area contributed by atoms with Gasteiger partial charge in [0.1, 0.15) is 5.82 Å². The Bertz CT molecular complexity index is 263. The smallest absolute Gasteiger partial charge is 0.105 e. The van der Waals surface area contributed by atoms with Gasteiger partial charge in [-0.05, 0) is 13.8 Å². The van der Waals surface area contributed by atoms with Crippen molar-refractivity contribution in [3.05, 3.63) is 17.7 Å². The summed E-state index contributed by atoms with van der Waals surface area (Å²) < 4.78 is 2.23. The van der Waals surface area contributed by atoms with Crippen molar-refractivity contribution in [3.63, 3.8) is 0 Å². The summed E-state index contributed by atoms with van der Waals surface area (Å²) in [5, 5.41) is 3.39. The largest absolute Gasteiger partial charge is 0.331 e. The minimum absolute atomic E-state index is 0.528. The average molecular weight is 181 g/mol. The fourth-order valence-corrected chi connectivity index (χ4v) is 1.40. The van der Waals surface area contributed by atoms with E-state index in [0.717, 1.165) is 18.9 Å². The van der Waals surface area contributed by atoms with Crippen LogP contribution in [0.25, 0.3) is 0 Å². The van der Waals surface area contributed by atoms with E-state index in [-0.39, 0.29) is 0 Å². The SMILES string of the molecule is CCn1c(CNC(C)C)cnc1C. The standard InChI is InChI=1S/C10H19N3/c1-5-13-9(4)12-7-10(13)6-11-8(2)3/h7-8,11H,5-6H2,1-4H3. The van der Waals surface area contributed by atoms with E-state index >= 15 is 0 Å².